The molecule has 0 saturated carbocycles. The number of fused-ring (bicyclic) bond motifs is 3. The van der Waals surface area contributed by atoms with Crippen molar-refractivity contribution in [3.8, 4) is 39.8 Å². The number of rotatable bonds is 10. The van der Waals surface area contributed by atoms with Gasteiger partial charge in [-0.25, -0.2) is 4.98 Å². The first-order chi connectivity index (χ1) is 32.9. The zero-order valence-corrected chi connectivity index (χ0v) is 44.1. The summed E-state index contributed by atoms with van der Waals surface area (Å²) in [5, 5.41) is 2.22. The quantitative estimate of drug-likeness (QED) is 0.101. The van der Waals surface area contributed by atoms with Crippen LogP contribution in [0, 0.1) is 18.5 Å². The molecular weight excluding hydrogens is 1040 g/mol. The van der Waals surface area contributed by atoms with Gasteiger partial charge in [0, 0.05) is 61.3 Å². The maximum absolute atomic E-state index is 6.89. The smallest absolute Gasteiger partial charge is 0.267 e. The van der Waals surface area contributed by atoms with Gasteiger partial charge in [0.05, 0.1) is 11.4 Å². The van der Waals surface area contributed by atoms with Crippen molar-refractivity contribution >= 4 is 21.8 Å². The zero-order chi connectivity index (χ0) is 48.3. The second kappa shape index (κ2) is 18.5. The molecule has 0 spiro atoms. The first-order valence-corrected chi connectivity index (χ1v) is 24.0. The van der Waals surface area contributed by atoms with E-state index in [9.17, 15) is 0 Å². The summed E-state index contributed by atoms with van der Waals surface area (Å²) >= 11 is 0. The zero-order valence-electron chi connectivity index (χ0n) is 41.8. The van der Waals surface area contributed by atoms with E-state index in [0.29, 0.717) is 11.5 Å². The fraction of sp³-hybridized carbons (Fsp3) is 0.219. The molecule has 7 aromatic carbocycles. The van der Waals surface area contributed by atoms with Crippen LogP contribution in [0.5, 0.6) is 11.5 Å². The molecule has 0 fully saturated rings. The van der Waals surface area contributed by atoms with Crippen molar-refractivity contribution in [2.45, 2.75) is 90.9 Å². The Morgan fingerprint density at radius 3 is 1.80 bits per heavy atom. The molecule has 70 heavy (non-hydrogen) atoms. The molecule has 0 N–H and O–H groups in total. The third-order valence-electron chi connectivity index (χ3n) is 13.9. The van der Waals surface area contributed by atoms with Gasteiger partial charge in [-0.2, -0.15) is 17.7 Å². The van der Waals surface area contributed by atoms with Crippen LogP contribution < -0.4 is 9.30 Å². The monoisotopic (exact) mass is 1100 g/mol. The molecule has 10 aromatic rings. The Morgan fingerprint density at radius 2 is 1.13 bits per heavy atom. The maximum atomic E-state index is 6.89. The molecule has 10 rings (SSSR count). The fourth-order valence-electron chi connectivity index (χ4n) is 9.50. The summed E-state index contributed by atoms with van der Waals surface area (Å²) in [6.45, 7) is 22.6. The van der Waals surface area contributed by atoms with Crippen LogP contribution in [0.2, 0.25) is 0 Å². The van der Waals surface area contributed by atoms with Crippen LogP contribution in [-0.2, 0) is 42.7 Å². The summed E-state index contributed by atoms with van der Waals surface area (Å²) in [6, 6.07) is 67.9. The average Bonchev–Trinajstić information content (AvgIpc) is 3.95. The minimum absolute atomic E-state index is 0. The van der Waals surface area contributed by atoms with Crippen molar-refractivity contribution in [2.24, 2.45) is 0 Å². The summed E-state index contributed by atoms with van der Waals surface area (Å²) in [5.74, 6) is 2.04. The molecular formula is C64H60N4OPt-2. The van der Waals surface area contributed by atoms with Crippen LogP contribution in [0.15, 0.2) is 182 Å². The van der Waals surface area contributed by atoms with Crippen molar-refractivity contribution < 1.29 is 30.4 Å². The normalized spacial score (nSPS) is 12.3. The second-order valence-corrected chi connectivity index (χ2v) is 21.5. The first kappa shape index (κ1) is 48.2. The van der Waals surface area contributed by atoms with E-state index in [4.69, 9.17) is 9.72 Å². The minimum atomic E-state index is -0.425. The number of pyridine rings is 1. The largest absolute Gasteiger partial charge is 0.510 e. The van der Waals surface area contributed by atoms with Crippen LogP contribution in [0.3, 0.4) is 0 Å². The molecule has 0 atom stereocenters. The van der Waals surface area contributed by atoms with E-state index in [-0.39, 0.29) is 37.3 Å². The predicted molar refractivity (Wildman–Crippen MR) is 282 cm³/mol. The first-order valence-electron chi connectivity index (χ1n) is 24.0. The molecule has 354 valence electrons. The summed E-state index contributed by atoms with van der Waals surface area (Å²) in [7, 11) is 0. The van der Waals surface area contributed by atoms with Gasteiger partial charge in [0.2, 0.25) is 0 Å². The van der Waals surface area contributed by atoms with Gasteiger partial charge in [-0.15, -0.1) is 29.7 Å². The molecule has 5 nitrogen and oxygen atoms in total. The van der Waals surface area contributed by atoms with Crippen LogP contribution in [-0.4, -0.2) is 14.1 Å². The van der Waals surface area contributed by atoms with Gasteiger partial charge in [-0.3, -0.25) is 4.57 Å². The van der Waals surface area contributed by atoms with E-state index in [0.717, 1.165) is 61.4 Å². The van der Waals surface area contributed by atoms with Crippen molar-refractivity contribution in [1.29, 1.82) is 0 Å². The summed E-state index contributed by atoms with van der Waals surface area (Å²) in [4.78, 5) is 4.90. The predicted octanol–water partition coefficient (Wildman–Crippen LogP) is 15.4. The Labute approximate surface area is 428 Å². The Hall–Kier alpha value is -6.81. The number of benzene rings is 7. The summed E-state index contributed by atoms with van der Waals surface area (Å²) in [6.07, 6.45) is 8.00. The number of aromatic nitrogens is 4. The second-order valence-electron chi connectivity index (χ2n) is 21.5. The molecule has 6 heteroatoms. The van der Waals surface area contributed by atoms with Crippen molar-refractivity contribution in [1.82, 2.24) is 14.1 Å². The van der Waals surface area contributed by atoms with Gasteiger partial charge < -0.3 is 13.9 Å². The van der Waals surface area contributed by atoms with Gasteiger partial charge in [0.1, 0.15) is 5.82 Å². The molecule has 0 bridgehead atoms. The van der Waals surface area contributed by atoms with E-state index < -0.39 is 5.41 Å². The maximum Gasteiger partial charge on any atom is 0.267 e. The Kier molecular flexibility index (Phi) is 12.7. The molecule has 3 heterocycles. The topological polar surface area (TPSA) is 35.9 Å². The van der Waals surface area contributed by atoms with Gasteiger partial charge >= 0.3 is 0 Å². The number of nitrogens with zero attached hydrogens (tertiary/aromatic N) is 4. The third kappa shape index (κ3) is 9.20. The van der Waals surface area contributed by atoms with E-state index >= 15 is 0 Å². The van der Waals surface area contributed by atoms with E-state index in [1.165, 1.54) is 22.3 Å². The summed E-state index contributed by atoms with van der Waals surface area (Å²) in [5.41, 5.74) is 12.2. The van der Waals surface area contributed by atoms with Gasteiger partial charge in [0.15, 0.2) is 0 Å². The minimum Gasteiger partial charge on any atom is -0.510 e. The Morgan fingerprint density at radius 1 is 0.500 bits per heavy atom. The van der Waals surface area contributed by atoms with Crippen molar-refractivity contribution in [3.05, 3.63) is 234 Å². The molecule has 3 aromatic heterocycles. The number of imidazole rings is 1. The molecule has 0 aliphatic carbocycles. The van der Waals surface area contributed by atoms with Gasteiger partial charge in [-0.1, -0.05) is 190 Å². The van der Waals surface area contributed by atoms with E-state index in [1.807, 2.05) is 12.3 Å². The Balaban J connectivity index is 0.00000608. The third-order valence-corrected chi connectivity index (χ3v) is 13.9. The van der Waals surface area contributed by atoms with E-state index in [2.05, 4.69) is 271 Å². The van der Waals surface area contributed by atoms with Gasteiger partial charge in [-0.05, 0) is 85.6 Å². The molecule has 0 amide bonds. The SMILES string of the molecule is CC(C)(C)c1cc(Oc2[c-]c3c(cc2)c2ccccc2n3-c2cc(C(C)(C)C)ccn2)[c-]c(-n2[c-][n+](-c3cc(-c4ccccc4)cc(C(C)(C)c4ccccc4)c3)c(C(C)(C)c3ccccc3)c2)c1.[Pt]. The van der Waals surface area contributed by atoms with E-state index in [1.54, 1.807) is 0 Å². The standard InChI is InChI=1S/C64H60N4O.Pt/c1-61(2,3)48-32-33-65-60(39-48)68-57-29-21-20-28-55(57)56-31-30-53(41-58(56)68)69-54-38-49(62(4,5)6)36-51(40-54)66-42-59(64(9,10)47-26-18-13-19-27-47)67(43-66)52-35-45(44-22-14-11-15-23-44)34-50(37-52)63(7,8)46-24-16-12-17-25-46;/h11-39,42H,1-10H3;/q-2;. The van der Waals surface area contributed by atoms with Crippen molar-refractivity contribution in [2.75, 3.05) is 0 Å². The summed E-state index contributed by atoms with van der Waals surface area (Å²) < 4.78 is 13.4. The number of para-hydroxylation sites is 1. The van der Waals surface area contributed by atoms with Crippen LogP contribution in [0.4, 0.5) is 0 Å². The number of hydrogen-bond donors (Lipinski definition) is 0. The number of ether oxygens (including phenoxy) is 1. The number of hydrogen-bond acceptors (Lipinski definition) is 2. The molecule has 0 aliphatic heterocycles. The van der Waals surface area contributed by atoms with Crippen molar-refractivity contribution in [3.63, 3.8) is 0 Å². The van der Waals surface area contributed by atoms with Crippen LogP contribution in [0.25, 0.3) is 50.1 Å². The van der Waals surface area contributed by atoms with Crippen LogP contribution in [0.1, 0.15) is 103 Å². The van der Waals surface area contributed by atoms with Gasteiger partial charge in [0.25, 0.3) is 6.33 Å². The Bertz CT molecular complexity index is 3480. The molecule has 0 unspecified atom stereocenters. The molecule has 0 aliphatic rings. The average molecular weight is 1100 g/mol. The molecule has 0 saturated heterocycles. The molecule has 0 radical (unpaired) electrons. The fourth-order valence-corrected chi connectivity index (χ4v) is 9.50. The van der Waals surface area contributed by atoms with Crippen LogP contribution >= 0.6 is 0 Å².